The fourth-order valence-electron chi connectivity index (χ4n) is 27.8. The van der Waals surface area contributed by atoms with E-state index in [1.165, 1.54) is 24.2 Å². The van der Waals surface area contributed by atoms with E-state index >= 15 is 0 Å². The largest absolute Gasteiger partial charge is 0.301 e. The van der Waals surface area contributed by atoms with Crippen LogP contribution in [0.4, 0.5) is 0 Å². The van der Waals surface area contributed by atoms with Crippen LogP contribution in [-0.2, 0) is 10.8 Å². The Morgan fingerprint density at radius 3 is 0.646 bits per heavy atom. The highest BCUT2D eigenvalue weighted by atomic mass is 16.2. The van der Waals surface area contributed by atoms with Gasteiger partial charge in [0.25, 0.3) is 11.8 Å². The monoisotopic (exact) mass is 1020 g/mol. The molecule has 2 spiro atoms. The van der Waals surface area contributed by atoms with Crippen molar-refractivity contribution in [3.63, 3.8) is 0 Å². The molecule has 4 heteroatoms. The summed E-state index contributed by atoms with van der Waals surface area (Å²) in [7, 11) is 0. The minimum atomic E-state index is -0.192. The zero-order valence-electron chi connectivity index (χ0n) is 43.1. The summed E-state index contributed by atoms with van der Waals surface area (Å²) >= 11 is 0. The number of benzene rings is 19. The van der Waals surface area contributed by atoms with Gasteiger partial charge in [-0.05, 0) is 345 Å². The summed E-state index contributed by atoms with van der Waals surface area (Å²) < 4.78 is 0. The molecule has 2 heterocycles. The van der Waals surface area contributed by atoms with Gasteiger partial charge in [-0.15, -0.1) is 0 Å². The first-order chi connectivity index (χ1) is 40.7. The van der Waals surface area contributed by atoms with Gasteiger partial charge in [0.05, 0.1) is 22.0 Å². The summed E-state index contributed by atoms with van der Waals surface area (Å²) in [5.74, 6) is -0.242. The van der Waals surface area contributed by atoms with Crippen molar-refractivity contribution in [1.82, 2.24) is 9.80 Å². The summed E-state index contributed by atoms with van der Waals surface area (Å²) in [6, 6.07) is 7.33. The van der Waals surface area contributed by atoms with Crippen LogP contribution in [0.3, 0.4) is 0 Å². The molecule has 0 aromatic heterocycles. The molecule has 0 radical (unpaired) electrons. The lowest BCUT2D eigenvalue weighted by Crippen LogP contribution is -2.51. The Balaban J connectivity index is 0.761. The van der Waals surface area contributed by atoms with Crippen LogP contribution in [0.25, 0.3) is 291 Å². The van der Waals surface area contributed by atoms with Crippen LogP contribution in [0.2, 0.25) is 0 Å². The van der Waals surface area contributed by atoms with Gasteiger partial charge in [0.15, 0.2) is 0 Å². The smallest absolute Gasteiger partial charge is 0.261 e. The maximum atomic E-state index is 13.2. The minimum Gasteiger partial charge on any atom is -0.301 e. The van der Waals surface area contributed by atoms with Crippen LogP contribution >= 0.6 is 0 Å². The third-order valence-electron chi connectivity index (χ3n) is 28.6. The topological polar surface area (TPSA) is 40.6 Å². The number of hydrogen-bond acceptors (Lipinski definition) is 3. The molecule has 1 saturated heterocycles. The average molecular weight is 1020 g/mol. The Bertz CT molecular complexity index is 7260. The lowest BCUT2D eigenvalue weighted by Gasteiger charge is -2.49. The van der Waals surface area contributed by atoms with Gasteiger partial charge in [-0.3, -0.25) is 14.5 Å². The lowest BCUT2D eigenvalue weighted by atomic mass is 9.50. The minimum absolute atomic E-state index is 0.121. The molecule has 358 valence electrons. The summed E-state index contributed by atoms with van der Waals surface area (Å²) in [6.45, 7) is 3.84. The zero-order chi connectivity index (χ0) is 49.8. The van der Waals surface area contributed by atoms with Gasteiger partial charge in [-0.1, -0.05) is 37.8 Å². The van der Waals surface area contributed by atoms with Crippen molar-refractivity contribution < 1.29 is 9.59 Å². The van der Waals surface area contributed by atoms with Gasteiger partial charge in [-0.25, -0.2) is 0 Å². The second-order valence-electron chi connectivity index (χ2n) is 29.7. The first kappa shape index (κ1) is 33.5. The number of fused-ring (bicyclic) bond motifs is 1. The molecule has 4 aliphatic carbocycles. The molecule has 0 bridgehead atoms. The number of unbranched alkanes of at least 4 members (excludes halogenated alkanes) is 5. The molecule has 0 atom stereocenters. The number of nitrogens with zero attached hydrogens (tertiary/aromatic N) is 2. The second kappa shape index (κ2) is 8.25. The molecule has 35 rings (SSSR count). The SMILES string of the molecule is O=C1c2ccccc2C(=O)N1CCCCCCCCN1CC23c4c5c6c7c8c9c(c%10c%11c2c2c4c4c%12c5c5c6c6c8c8c%13c9c9c%10c%10c%11c%11c2c2c4c4c%12c%12c5c5c6c8c6c8c%13c9c9c%10c%10c%11c2c2c4c4c%12c5c6c5c8c9c%10c2c45)C73C1. The highest BCUT2D eigenvalue weighted by Crippen LogP contribution is 2.85. The molecule has 29 aromatic carbocycles. The van der Waals surface area contributed by atoms with E-state index in [0.717, 1.165) is 38.9 Å². The summed E-state index contributed by atoms with van der Waals surface area (Å²) in [5.41, 5.74) is 7.92. The number of likely N-dealkylation sites (tertiary alicyclic amines) is 1. The van der Waals surface area contributed by atoms with Gasteiger partial charge in [0.2, 0.25) is 0 Å². The van der Waals surface area contributed by atoms with E-state index in [2.05, 4.69) is 4.90 Å². The van der Waals surface area contributed by atoms with Gasteiger partial charge in [0, 0.05) is 19.6 Å². The molecule has 82 heavy (non-hydrogen) atoms. The van der Waals surface area contributed by atoms with E-state index in [1.54, 1.807) is 325 Å². The van der Waals surface area contributed by atoms with Gasteiger partial charge in [-0.2, -0.15) is 0 Å². The van der Waals surface area contributed by atoms with Crippen molar-refractivity contribution >= 4 is 303 Å². The van der Waals surface area contributed by atoms with E-state index in [9.17, 15) is 9.59 Å². The van der Waals surface area contributed by atoms with Crippen molar-refractivity contribution in [2.24, 2.45) is 0 Å². The van der Waals surface area contributed by atoms with Crippen LogP contribution in [0.5, 0.6) is 0 Å². The number of rotatable bonds is 9. The van der Waals surface area contributed by atoms with Crippen LogP contribution in [0, 0.1) is 0 Å². The third kappa shape index (κ3) is 2.03. The van der Waals surface area contributed by atoms with Gasteiger partial charge >= 0.3 is 0 Å². The van der Waals surface area contributed by atoms with Crippen LogP contribution in [0.15, 0.2) is 24.3 Å². The van der Waals surface area contributed by atoms with Crippen molar-refractivity contribution in [3.8, 4) is 0 Å². The fraction of sp³-hybridized carbons (Fsp3) is 0.154. The van der Waals surface area contributed by atoms with Crippen LogP contribution in [0.1, 0.15) is 81.5 Å². The van der Waals surface area contributed by atoms with E-state index < -0.39 is 0 Å². The first-order valence-corrected chi connectivity index (χ1v) is 31.2. The summed E-state index contributed by atoms with van der Waals surface area (Å²) in [6.07, 6.45) is 6.65. The number of hydrogen-bond donors (Lipinski definition) is 0. The molecular formula is C78H24N2O2. The lowest BCUT2D eigenvalue weighted by molar-refractivity contribution is 0.0651. The predicted octanol–water partition coefficient (Wildman–Crippen LogP) is 19.2. The van der Waals surface area contributed by atoms with Crippen LogP contribution in [-0.4, -0.2) is 47.8 Å². The number of imide groups is 1. The maximum Gasteiger partial charge on any atom is 0.261 e. The van der Waals surface area contributed by atoms with E-state index in [1.807, 2.05) is 12.1 Å². The van der Waals surface area contributed by atoms with Gasteiger partial charge in [0.1, 0.15) is 0 Å². The Hall–Kier alpha value is -9.22. The molecule has 29 aromatic rings. The normalized spacial score (nSPS) is 22.0. The Morgan fingerprint density at radius 2 is 0.427 bits per heavy atom. The Morgan fingerprint density at radius 1 is 0.244 bits per heavy atom. The molecule has 4 nitrogen and oxygen atoms in total. The number of carbonyl (C=O) groups excluding carboxylic acids is 2. The summed E-state index contributed by atoms with van der Waals surface area (Å²) in [5, 5.41) is 90.4. The third-order valence-corrected chi connectivity index (χ3v) is 28.6. The molecule has 6 aliphatic rings. The molecular weight excluding hydrogens is 997 g/mol. The first-order valence-electron chi connectivity index (χ1n) is 31.2. The second-order valence-corrected chi connectivity index (χ2v) is 29.7. The molecule has 0 unspecified atom stereocenters. The maximum absolute atomic E-state index is 13.2. The highest BCUT2D eigenvalue weighted by molar-refractivity contribution is 6.82. The quantitative estimate of drug-likeness (QED) is 0.0822. The molecule has 0 saturated carbocycles. The number of amides is 2. The van der Waals surface area contributed by atoms with E-state index in [4.69, 9.17) is 0 Å². The standard InChI is InChI=1S/C78H24N2O2/c81-75-15-9-5-6-10-16(15)76(82)80(75)12-8-4-2-1-3-7-11-79-13-77-71-63-55-45-35-27-19-17-18-21-25-23(19)31-39-33(25)43-37-29(21)30-22(18)26-24-20(17)28(27)36-42-32(24)40-34(26)44-38(30)48-47(37)57-51(43)61-53(39)59(49(55)41(31)35)67(71)69(61)73-65(57)66-58(48)52(44)62-54(40)60-50(42)56(46(36)45)64(63)72(77)68(60)70(62)74(66)78(73,77)14-79/h5-6,9-10H,1-4,7-8,11-14H2. The highest BCUT2D eigenvalue weighted by Gasteiger charge is 2.72. The average Bonchev–Trinajstić information content (AvgIpc) is 1.39. The van der Waals surface area contributed by atoms with Crippen LogP contribution < -0.4 is 0 Å². The summed E-state index contributed by atoms with van der Waals surface area (Å²) in [4.78, 5) is 30.9. The van der Waals surface area contributed by atoms with Crippen molar-refractivity contribution in [3.05, 3.63) is 57.6 Å². The van der Waals surface area contributed by atoms with E-state index in [0.29, 0.717) is 17.7 Å². The Labute approximate surface area is 452 Å². The Kier molecular flexibility index (Phi) is 3.37. The number of carbonyl (C=O) groups is 2. The molecule has 2 amide bonds. The van der Waals surface area contributed by atoms with Crippen molar-refractivity contribution in [2.75, 3.05) is 26.2 Å². The molecule has 0 N–H and O–H groups in total. The zero-order valence-corrected chi connectivity index (χ0v) is 43.1. The molecule has 2 aliphatic heterocycles. The van der Waals surface area contributed by atoms with Crippen molar-refractivity contribution in [1.29, 1.82) is 0 Å². The van der Waals surface area contributed by atoms with Crippen molar-refractivity contribution in [2.45, 2.75) is 49.4 Å². The molecule has 1 fully saturated rings. The van der Waals surface area contributed by atoms with Gasteiger partial charge < -0.3 is 4.90 Å². The predicted molar refractivity (Wildman–Crippen MR) is 340 cm³/mol. The van der Waals surface area contributed by atoms with E-state index in [-0.39, 0.29) is 22.6 Å². The fourth-order valence-corrected chi connectivity index (χ4v) is 27.8.